The average molecular weight is 539 g/mol. The van der Waals surface area contributed by atoms with E-state index in [0.717, 1.165) is 4.90 Å². The number of carbonyl (C=O) groups is 4. The Morgan fingerprint density at radius 2 is 1.92 bits per heavy atom. The summed E-state index contributed by atoms with van der Waals surface area (Å²) in [5.74, 6) is -2.88. The molecule has 38 heavy (non-hydrogen) atoms. The van der Waals surface area contributed by atoms with Crippen molar-refractivity contribution in [2.24, 2.45) is 16.7 Å². The van der Waals surface area contributed by atoms with Gasteiger partial charge in [-0.1, -0.05) is 36.9 Å². The van der Waals surface area contributed by atoms with Gasteiger partial charge in [-0.3, -0.25) is 14.4 Å². The predicted octanol–water partition coefficient (Wildman–Crippen LogP) is 4.25. The minimum atomic E-state index is -1.24. The lowest BCUT2D eigenvalue weighted by Crippen LogP contribution is -2.56. The van der Waals surface area contributed by atoms with Crippen LogP contribution in [-0.4, -0.2) is 54.5 Å². The minimum Gasteiger partial charge on any atom is -0.504 e. The van der Waals surface area contributed by atoms with E-state index in [2.05, 4.69) is 0 Å². The molecule has 9 heteroatoms. The van der Waals surface area contributed by atoms with E-state index in [1.54, 1.807) is 19.3 Å². The number of rotatable bonds is 5. The number of esters is 2. The molecule has 0 unspecified atom stereocenters. The van der Waals surface area contributed by atoms with Crippen molar-refractivity contribution in [2.75, 3.05) is 13.7 Å². The third-order valence-corrected chi connectivity index (χ3v) is 9.37. The molecule has 0 amide bonds. The van der Waals surface area contributed by atoms with Crippen LogP contribution in [0.15, 0.2) is 68.7 Å². The monoisotopic (exact) mass is 538 g/mol. The molecule has 1 saturated heterocycles. The Morgan fingerprint density at radius 1 is 1.21 bits per heavy atom. The van der Waals surface area contributed by atoms with Gasteiger partial charge in [-0.25, -0.2) is 4.79 Å². The van der Waals surface area contributed by atoms with Crippen molar-refractivity contribution >= 4 is 35.3 Å². The van der Waals surface area contributed by atoms with Gasteiger partial charge in [0.1, 0.15) is 18.0 Å². The summed E-state index contributed by atoms with van der Waals surface area (Å²) in [6, 6.07) is 9.35. The van der Waals surface area contributed by atoms with E-state index in [-0.39, 0.29) is 35.5 Å². The Morgan fingerprint density at radius 3 is 2.58 bits per heavy atom. The summed E-state index contributed by atoms with van der Waals surface area (Å²) in [5, 5.41) is 13.1. The van der Waals surface area contributed by atoms with E-state index in [4.69, 9.17) is 14.2 Å². The number of aliphatic hydroxyl groups is 1. The Balaban J connectivity index is 1.74. The van der Waals surface area contributed by atoms with Gasteiger partial charge in [-0.15, -0.1) is 0 Å². The number of carbonyl (C=O) groups excluding carboxylic acids is 4. The van der Waals surface area contributed by atoms with E-state index >= 15 is 0 Å². The zero-order chi connectivity index (χ0) is 27.4. The van der Waals surface area contributed by atoms with Crippen LogP contribution in [0.3, 0.4) is 0 Å². The summed E-state index contributed by atoms with van der Waals surface area (Å²) in [5.41, 5.74) is -1.20. The smallest absolute Gasteiger partial charge is 0.339 e. The first-order valence-electron chi connectivity index (χ1n) is 12.6. The number of aliphatic hydroxyl groups excluding tert-OH is 1. The van der Waals surface area contributed by atoms with Gasteiger partial charge in [0.15, 0.2) is 5.76 Å². The molecule has 200 valence electrons. The number of cyclic esters (lactones) is 1. The van der Waals surface area contributed by atoms with Crippen molar-refractivity contribution in [2.45, 2.75) is 57.1 Å². The third kappa shape index (κ3) is 3.86. The molecule has 5 rings (SSSR count). The van der Waals surface area contributed by atoms with Crippen LogP contribution in [-0.2, 0) is 33.4 Å². The maximum atomic E-state index is 13.9. The van der Waals surface area contributed by atoms with Crippen molar-refractivity contribution < 1.29 is 38.5 Å². The SMILES string of the molecule is COC[C@H]1OC(=O)/C(=C\Sc2ccccc2)C2=C(O)C(=O)C3=C([C@H](OC(C)=O)C[C@]4(C)C(=O)CC[C@@H]34)[C@]21C. The number of thioether (sulfide) groups is 1. The third-order valence-electron chi connectivity index (χ3n) is 8.48. The minimum absolute atomic E-state index is 0.00165. The first kappa shape index (κ1) is 26.4. The van der Waals surface area contributed by atoms with Gasteiger partial charge in [0.05, 0.1) is 17.6 Å². The summed E-state index contributed by atoms with van der Waals surface area (Å²) < 4.78 is 17.1. The van der Waals surface area contributed by atoms with Crippen LogP contribution in [0.4, 0.5) is 0 Å². The number of Topliss-reactive ketones (excluding diaryl/α,β-unsaturated/α-hetero) is 2. The van der Waals surface area contributed by atoms with Crippen molar-refractivity contribution in [1.29, 1.82) is 0 Å². The molecule has 0 aromatic heterocycles. The van der Waals surface area contributed by atoms with Crippen molar-refractivity contribution in [1.82, 2.24) is 0 Å². The molecule has 8 nitrogen and oxygen atoms in total. The largest absolute Gasteiger partial charge is 0.504 e. The molecule has 1 N–H and O–H groups in total. The zero-order valence-electron chi connectivity index (χ0n) is 21.7. The Hall–Kier alpha value is -3.17. The topological polar surface area (TPSA) is 116 Å². The van der Waals surface area contributed by atoms with Crippen LogP contribution in [0.2, 0.25) is 0 Å². The number of ether oxygens (including phenoxy) is 3. The highest BCUT2D eigenvalue weighted by Gasteiger charge is 2.64. The molecule has 1 aliphatic heterocycles. The van der Waals surface area contributed by atoms with Gasteiger partial charge in [-0.2, -0.15) is 0 Å². The lowest BCUT2D eigenvalue weighted by molar-refractivity contribution is -0.160. The van der Waals surface area contributed by atoms with Gasteiger partial charge in [0.2, 0.25) is 5.78 Å². The normalized spacial score (nSPS) is 33.6. The van der Waals surface area contributed by atoms with E-state index in [0.29, 0.717) is 18.4 Å². The highest BCUT2D eigenvalue weighted by atomic mass is 32.2. The zero-order valence-corrected chi connectivity index (χ0v) is 22.6. The van der Waals surface area contributed by atoms with Crippen LogP contribution in [0.25, 0.3) is 0 Å². The maximum Gasteiger partial charge on any atom is 0.339 e. The lowest BCUT2D eigenvalue weighted by Gasteiger charge is -2.53. The predicted molar refractivity (Wildman–Crippen MR) is 138 cm³/mol. The second-order valence-corrected chi connectivity index (χ2v) is 11.6. The molecule has 1 heterocycles. The average Bonchev–Trinajstić information content (AvgIpc) is 3.16. The van der Waals surface area contributed by atoms with Gasteiger partial charge in [0, 0.05) is 54.2 Å². The first-order chi connectivity index (χ1) is 18.0. The van der Waals surface area contributed by atoms with Crippen LogP contribution >= 0.6 is 11.8 Å². The molecule has 1 aromatic rings. The van der Waals surface area contributed by atoms with Crippen molar-refractivity contribution in [3.63, 3.8) is 0 Å². The fourth-order valence-electron chi connectivity index (χ4n) is 6.70. The maximum absolute atomic E-state index is 13.9. The quantitative estimate of drug-likeness (QED) is 0.334. The molecule has 2 fully saturated rings. The second-order valence-electron chi connectivity index (χ2n) is 10.6. The molecule has 1 aromatic carbocycles. The number of allylic oxidation sites excluding steroid dienone is 1. The number of hydrogen-bond donors (Lipinski definition) is 1. The van der Waals surface area contributed by atoms with Gasteiger partial charge in [0.25, 0.3) is 0 Å². The van der Waals surface area contributed by atoms with E-state index in [1.807, 2.05) is 30.3 Å². The molecular weight excluding hydrogens is 508 g/mol. The fourth-order valence-corrected chi connectivity index (χ4v) is 7.48. The number of hydrogen-bond acceptors (Lipinski definition) is 9. The van der Waals surface area contributed by atoms with Crippen LogP contribution in [0.1, 0.15) is 40.0 Å². The first-order valence-corrected chi connectivity index (χ1v) is 13.5. The summed E-state index contributed by atoms with van der Waals surface area (Å²) >= 11 is 1.26. The van der Waals surface area contributed by atoms with E-state index in [1.165, 1.54) is 25.8 Å². The Labute approximate surface area is 225 Å². The lowest BCUT2D eigenvalue weighted by atomic mass is 9.53. The molecule has 0 radical (unpaired) electrons. The molecule has 0 bridgehead atoms. The molecule has 1 saturated carbocycles. The second kappa shape index (κ2) is 9.54. The molecule has 4 aliphatic rings. The van der Waals surface area contributed by atoms with Crippen molar-refractivity contribution in [3.8, 4) is 0 Å². The highest BCUT2D eigenvalue weighted by Crippen LogP contribution is 2.62. The standard InChI is InChI=1S/C29H30O8S/c1-15(30)36-19-12-28(2)18(10-11-20(28)31)22-24(19)29(3)21(13-35-4)37-27(34)17(23(29)26(33)25(22)32)14-38-16-8-6-5-7-9-16/h5-9,14,18-19,21,33H,10-13H2,1-4H3/b17-14-/t18-,19+,21+,28-,29-/m0/s1. The number of benzene rings is 1. The molecular formula is C29H30O8S. The van der Waals surface area contributed by atoms with Gasteiger partial charge in [-0.05, 0) is 36.5 Å². The van der Waals surface area contributed by atoms with Crippen molar-refractivity contribution in [3.05, 3.63) is 63.8 Å². The van der Waals surface area contributed by atoms with E-state index in [9.17, 15) is 24.3 Å². The summed E-state index contributed by atoms with van der Waals surface area (Å²) in [7, 11) is 1.47. The van der Waals surface area contributed by atoms with E-state index < -0.39 is 52.4 Å². The molecule has 5 atom stereocenters. The van der Waals surface area contributed by atoms with Gasteiger partial charge < -0.3 is 19.3 Å². The fraction of sp³-hybridized carbons (Fsp3) is 0.448. The summed E-state index contributed by atoms with van der Waals surface area (Å²) in [4.78, 5) is 53.3. The molecule has 0 spiro atoms. The number of ketones is 2. The Bertz CT molecular complexity index is 1330. The van der Waals surface area contributed by atoms with Crippen LogP contribution < -0.4 is 0 Å². The Kier molecular flexibility index (Phi) is 6.64. The number of methoxy groups -OCH3 is 1. The van der Waals surface area contributed by atoms with Gasteiger partial charge >= 0.3 is 11.9 Å². The number of fused-ring (bicyclic) bond motifs is 4. The molecule has 3 aliphatic carbocycles. The van der Waals surface area contributed by atoms with Crippen LogP contribution in [0, 0.1) is 16.7 Å². The summed E-state index contributed by atoms with van der Waals surface area (Å²) in [6.45, 7) is 4.85. The highest BCUT2D eigenvalue weighted by molar-refractivity contribution is 8.02. The van der Waals surface area contributed by atoms with Crippen LogP contribution in [0.5, 0.6) is 0 Å². The summed E-state index contributed by atoms with van der Waals surface area (Å²) in [6.07, 6.45) is -0.874.